The van der Waals surface area contributed by atoms with Gasteiger partial charge >= 0.3 is 5.97 Å². The van der Waals surface area contributed by atoms with Gasteiger partial charge in [-0.1, -0.05) is 19.1 Å². The first kappa shape index (κ1) is 13.4. The molecule has 0 radical (unpaired) electrons. The maximum Gasteiger partial charge on any atom is 0.338 e. The number of likely N-dealkylation sites (tertiary alicyclic amines) is 1. The Kier molecular flexibility index (Phi) is 3.74. The van der Waals surface area contributed by atoms with E-state index in [1.54, 1.807) is 23.1 Å². The second-order valence-electron chi connectivity index (χ2n) is 4.99. The smallest absolute Gasteiger partial charge is 0.338 e. The molecule has 1 atom stereocenters. The van der Waals surface area contributed by atoms with Gasteiger partial charge in [0.1, 0.15) is 0 Å². The summed E-state index contributed by atoms with van der Waals surface area (Å²) in [5, 5.41) is 9.21. The van der Waals surface area contributed by atoms with Crippen molar-refractivity contribution in [3.8, 4) is 0 Å². The number of nitrogens with zero attached hydrogens (tertiary/aromatic N) is 1. The van der Waals surface area contributed by atoms with Crippen molar-refractivity contribution in [3.63, 3.8) is 0 Å². The third kappa shape index (κ3) is 2.70. The van der Waals surface area contributed by atoms with Gasteiger partial charge in [-0.15, -0.1) is 0 Å². The number of nitrogen functional groups attached to an aromatic ring is 1. The SMILES string of the molecule is CC1CCCN(Cc2cccc(N)c2C(=O)O)C1=O. The molecule has 5 heteroatoms. The first-order chi connectivity index (χ1) is 9.00. The van der Waals surface area contributed by atoms with Gasteiger partial charge < -0.3 is 15.7 Å². The number of amides is 1. The molecule has 0 bridgehead atoms. The Morgan fingerprint density at radius 1 is 1.53 bits per heavy atom. The van der Waals surface area contributed by atoms with E-state index in [0.717, 1.165) is 12.8 Å². The molecule has 0 aromatic heterocycles. The lowest BCUT2D eigenvalue weighted by molar-refractivity contribution is -0.138. The van der Waals surface area contributed by atoms with Crippen molar-refractivity contribution in [3.05, 3.63) is 29.3 Å². The standard InChI is InChI=1S/C14H18N2O3/c1-9-4-3-7-16(13(9)17)8-10-5-2-6-11(15)12(10)14(18)19/h2,5-6,9H,3-4,7-8,15H2,1H3,(H,18,19). The Morgan fingerprint density at radius 2 is 2.26 bits per heavy atom. The van der Waals surface area contributed by atoms with Crippen molar-refractivity contribution in [2.24, 2.45) is 5.92 Å². The molecule has 0 saturated carbocycles. The van der Waals surface area contributed by atoms with Gasteiger partial charge in [0.25, 0.3) is 0 Å². The fraction of sp³-hybridized carbons (Fsp3) is 0.429. The zero-order valence-electron chi connectivity index (χ0n) is 10.9. The molecule has 102 valence electrons. The van der Waals surface area contributed by atoms with Crippen molar-refractivity contribution in [2.45, 2.75) is 26.3 Å². The number of hydrogen-bond acceptors (Lipinski definition) is 3. The first-order valence-corrected chi connectivity index (χ1v) is 6.40. The van der Waals surface area contributed by atoms with Gasteiger partial charge in [-0.05, 0) is 24.5 Å². The van der Waals surface area contributed by atoms with E-state index in [9.17, 15) is 14.7 Å². The summed E-state index contributed by atoms with van der Waals surface area (Å²) in [7, 11) is 0. The lowest BCUT2D eigenvalue weighted by atomic mass is 9.97. The monoisotopic (exact) mass is 262 g/mol. The fourth-order valence-electron chi connectivity index (χ4n) is 2.51. The van der Waals surface area contributed by atoms with E-state index in [0.29, 0.717) is 18.7 Å². The number of rotatable bonds is 3. The van der Waals surface area contributed by atoms with E-state index < -0.39 is 5.97 Å². The van der Waals surface area contributed by atoms with E-state index in [-0.39, 0.29) is 23.1 Å². The van der Waals surface area contributed by atoms with Crippen molar-refractivity contribution < 1.29 is 14.7 Å². The summed E-state index contributed by atoms with van der Waals surface area (Å²) < 4.78 is 0. The summed E-state index contributed by atoms with van der Waals surface area (Å²) in [5.41, 5.74) is 6.64. The van der Waals surface area contributed by atoms with E-state index in [4.69, 9.17) is 5.73 Å². The maximum absolute atomic E-state index is 12.0. The molecule has 0 spiro atoms. The first-order valence-electron chi connectivity index (χ1n) is 6.40. The molecule has 1 aliphatic rings. The molecule has 2 rings (SSSR count). The normalized spacial score (nSPS) is 19.5. The van der Waals surface area contributed by atoms with Gasteiger partial charge in [0.15, 0.2) is 0 Å². The van der Waals surface area contributed by atoms with Crippen LogP contribution in [0.5, 0.6) is 0 Å². The lowest BCUT2D eigenvalue weighted by Gasteiger charge is -2.31. The fourth-order valence-corrected chi connectivity index (χ4v) is 2.51. The highest BCUT2D eigenvalue weighted by atomic mass is 16.4. The topological polar surface area (TPSA) is 83.6 Å². The summed E-state index contributed by atoms with van der Waals surface area (Å²) in [5.74, 6) is -0.946. The highest BCUT2D eigenvalue weighted by molar-refractivity contribution is 5.95. The van der Waals surface area contributed by atoms with Gasteiger partial charge in [0, 0.05) is 24.7 Å². The van der Waals surface area contributed by atoms with Crippen LogP contribution in [0.3, 0.4) is 0 Å². The zero-order chi connectivity index (χ0) is 14.0. The minimum Gasteiger partial charge on any atom is -0.478 e. The minimum atomic E-state index is -1.05. The molecular weight excluding hydrogens is 244 g/mol. The van der Waals surface area contributed by atoms with Crippen LogP contribution in [-0.4, -0.2) is 28.4 Å². The van der Waals surface area contributed by atoms with Gasteiger partial charge in [0.05, 0.1) is 5.56 Å². The Labute approximate surface area is 112 Å². The van der Waals surface area contributed by atoms with E-state index in [1.165, 1.54) is 0 Å². The average Bonchev–Trinajstić information content (AvgIpc) is 2.34. The summed E-state index contributed by atoms with van der Waals surface area (Å²) in [4.78, 5) is 25.0. The van der Waals surface area contributed by atoms with Crippen LogP contribution < -0.4 is 5.73 Å². The molecule has 1 fully saturated rings. The van der Waals surface area contributed by atoms with Crippen LogP contribution in [0.25, 0.3) is 0 Å². The van der Waals surface area contributed by atoms with Crippen molar-refractivity contribution in [2.75, 3.05) is 12.3 Å². The van der Waals surface area contributed by atoms with Crippen LogP contribution in [0.1, 0.15) is 35.7 Å². The Morgan fingerprint density at radius 3 is 2.95 bits per heavy atom. The van der Waals surface area contributed by atoms with E-state index in [2.05, 4.69) is 0 Å². The predicted molar refractivity (Wildman–Crippen MR) is 71.6 cm³/mol. The van der Waals surface area contributed by atoms with Gasteiger partial charge in [0.2, 0.25) is 5.91 Å². The van der Waals surface area contributed by atoms with Crippen molar-refractivity contribution in [1.82, 2.24) is 4.90 Å². The molecule has 19 heavy (non-hydrogen) atoms. The van der Waals surface area contributed by atoms with E-state index >= 15 is 0 Å². The highest BCUT2D eigenvalue weighted by Crippen LogP contribution is 2.23. The number of carboxylic acids is 1. The largest absolute Gasteiger partial charge is 0.478 e. The van der Waals surface area contributed by atoms with Crippen molar-refractivity contribution in [1.29, 1.82) is 0 Å². The van der Waals surface area contributed by atoms with Crippen LogP contribution in [-0.2, 0) is 11.3 Å². The Balaban J connectivity index is 2.26. The Bertz CT molecular complexity index is 513. The molecule has 1 heterocycles. The molecule has 1 amide bonds. The average molecular weight is 262 g/mol. The summed E-state index contributed by atoms with van der Waals surface area (Å²) >= 11 is 0. The molecule has 0 aliphatic carbocycles. The molecule has 1 unspecified atom stereocenters. The van der Waals surface area contributed by atoms with Crippen molar-refractivity contribution >= 4 is 17.6 Å². The molecule has 5 nitrogen and oxygen atoms in total. The second kappa shape index (κ2) is 5.30. The summed E-state index contributed by atoms with van der Waals surface area (Å²) in [6.07, 6.45) is 1.86. The number of anilines is 1. The number of benzene rings is 1. The number of piperidine rings is 1. The predicted octanol–water partition coefficient (Wildman–Crippen LogP) is 1.73. The molecular formula is C14H18N2O3. The van der Waals surface area contributed by atoms with Crippen LogP contribution in [0.4, 0.5) is 5.69 Å². The molecule has 1 saturated heterocycles. The van der Waals surface area contributed by atoms with Crippen LogP contribution in [0, 0.1) is 5.92 Å². The van der Waals surface area contributed by atoms with Crippen LogP contribution in [0.15, 0.2) is 18.2 Å². The van der Waals surface area contributed by atoms with E-state index in [1.807, 2.05) is 6.92 Å². The number of hydrogen-bond donors (Lipinski definition) is 2. The molecule has 1 aliphatic heterocycles. The third-order valence-electron chi connectivity index (χ3n) is 3.56. The van der Waals surface area contributed by atoms with Crippen LogP contribution >= 0.6 is 0 Å². The van der Waals surface area contributed by atoms with Gasteiger partial charge in [-0.2, -0.15) is 0 Å². The minimum absolute atomic E-state index is 0.0167. The number of nitrogens with two attached hydrogens (primary N) is 1. The van der Waals surface area contributed by atoms with Gasteiger partial charge in [-0.3, -0.25) is 4.79 Å². The second-order valence-corrected chi connectivity index (χ2v) is 4.99. The number of carbonyl (C=O) groups is 2. The maximum atomic E-state index is 12.0. The highest BCUT2D eigenvalue weighted by Gasteiger charge is 2.26. The molecule has 1 aromatic rings. The van der Waals surface area contributed by atoms with Crippen LogP contribution in [0.2, 0.25) is 0 Å². The van der Waals surface area contributed by atoms with Gasteiger partial charge in [-0.25, -0.2) is 4.79 Å². The lowest BCUT2D eigenvalue weighted by Crippen LogP contribution is -2.39. The number of carboxylic acid groups (broad SMARTS) is 1. The third-order valence-corrected chi connectivity index (χ3v) is 3.56. The number of aromatic carboxylic acids is 1. The molecule has 1 aromatic carbocycles. The zero-order valence-corrected chi connectivity index (χ0v) is 10.9. The molecule has 3 N–H and O–H groups in total. The summed E-state index contributed by atoms with van der Waals surface area (Å²) in [6.45, 7) is 2.90. The quantitative estimate of drug-likeness (QED) is 0.812. The number of carbonyl (C=O) groups excluding carboxylic acids is 1. The Hall–Kier alpha value is -2.04. The summed E-state index contributed by atoms with van der Waals surface area (Å²) in [6, 6.07) is 4.99.